The number of methoxy groups -OCH3 is 1. The number of anilines is 2. The smallest absolute Gasteiger partial charge is 0.255 e. The molecule has 3 aromatic carbocycles. The number of carbonyl (C=O) groups excluding carboxylic acids is 2. The number of rotatable bonds is 7. The van der Waals surface area contributed by atoms with E-state index in [1.165, 1.54) is 11.8 Å². The predicted molar refractivity (Wildman–Crippen MR) is 126 cm³/mol. The molecule has 29 heavy (non-hydrogen) atoms. The molecule has 0 radical (unpaired) electrons. The van der Waals surface area contributed by atoms with Crippen molar-refractivity contribution >= 4 is 57.5 Å². The van der Waals surface area contributed by atoms with Gasteiger partial charge in [-0.05, 0) is 83.3 Å². The third-order valence-corrected chi connectivity index (χ3v) is 5.63. The van der Waals surface area contributed by atoms with Gasteiger partial charge in [-0.3, -0.25) is 9.59 Å². The summed E-state index contributed by atoms with van der Waals surface area (Å²) in [7, 11) is 1.56. The molecular weight excluding hydrogens is 499 g/mol. The van der Waals surface area contributed by atoms with Gasteiger partial charge in [-0.2, -0.15) is 0 Å². The van der Waals surface area contributed by atoms with Gasteiger partial charge < -0.3 is 15.4 Å². The van der Waals surface area contributed by atoms with Gasteiger partial charge >= 0.3 is 0 Å². The van der Waals surface area contributed by atoms with Crippen molar-refractivity contribution in [3.63, 3.8) is 0 Å². The number of thioether (sulfide) groups is 1. The van der Waals surface area contributed by atoms with E-state index < -0.39 is 0 Å². The number of amides is 2. The number of benzene rings is 3. The minimum absolute atomic E-state index is 0.0815. The first kappa shape index (κ1) is 21.2. The Kier molecular flexibility index (Phi) is 7.54. The minimum atomic E-state index is -0.220. The summed E-state index contributed by atoms with van der Waals surface area (Å²) in [6, 6.07) is 22.0. The topological polar surface area (TPSA) is 67.4 Å². The molecular formula is C22H19IN2O3S. The van der Waals surface area contributed by atoms with Gasteiger partial charge in [-0.25, -0.2) is 0 Å². The van der Waals surface area contributed by atoms with Crippen LogP contribution in [-0.4, -0.2) is 24.7 Å². The summed E-state index contributed by atoms with van der Waals surface area (Å²) in [5.74, 6) is 0.602. The second-order valence-electron chi connectivity index (χ2n) is 6.06. The average Bonchev–Trinajstić information content (AvgIpc) is 2.74. The first-order valence-corrected chi connectivity index (χ1v) is 10.8. The molecule has 0 saturated heterocycles. The van der Waals surface area contributed by atoms with E-state index >= 15 is 0 Å². The maximum absolute atomic E-state index is 12.4. The Labute approximate surface area is 187 Å². The Bertz CT molecular complexity index is 1010. The second kappa shape index (κ2) is 10.3. The van der Waals surface area contributed by atoms with Crippen LogP contribution in [0.25, 0.3) is 0 Å². The van der Waals surface area contributed by atoms with Gasteiger partial charge in [0.2, 0.25) is 5.91 Å². The van der Waals surface area contributed by atoms with Crippen molar-refractivity contribution in [2.75, 3.05) is 23.5 Å². The second-order valence-corrected chi connectivity index (χ2v) is 8.35. The van der Waals surface area contributed by atoms with Crippen LogP contribution in [-0.2, 0) is 4.79 Å². The van der Waals surface area contributed by atoms with Gasteiger partial charge in [-0.15, -0.1) is 11.8 Å². The summed E-state index contributed by atoms with van der Waals surface area (Å²) in [4.78, 5) is 25.5. The van der Waals surface area contributed by atoms with E-state index in [-0.39, 0.29) is 17.6 Å². The zero-order valence-electron chi connectivity index (χ0n) is 15.6. The van der Waals surface area contributed by atoms with Crippen LogP contribution in [0.1, 0.15) is 10.4 Å². The molecule has 0 atom stereocenters. The van der Waals surface area contributed by atoms with Crippen LogP contribution in [0.4, 0.5) is 11.4 Å². The average molecular weight is 518 g/mol. The standard InChI is InChI=1S/C22H19IN2O3S/c1-28-19-6-2-4-15(12-19)22(27)25-18-5-3-7-20(13-18)29-14-21(26)24-17-10-8-16(23)9-11-17/h2-13H,14H2,1H3,(H,24,26)(H,25,27). The highest BCUT2D eigenvalue weighted by atomic mass is 127. The number of nitrogens with one attached hydrogen (secondary N) is 2. The molecule has 2 amide bonds. The fourth-order valence-corrected chi connectivity index (χ4v) is 3.62. The molecule has 3 aromatic rings. The quantitative estimate of drug-likeness (QED) is 0.330. The molecule has 7 heteroatoms. The molecule has 0 aliphatic heterocycles. The first-order chi connectivity index (χ1) is 14.0. The molecule has 3 rings (SSSR count). The molecule has 0 saturated carbocycles. The predicted octanol–water partition coefficient (Wildman–Crippen LogP) is 5.28. The SMILES string of the molecule is COc1cccc(C(=O)Nc2cccc(SCC(=O)Nc3ccc(I)cc3)c2)c1. The molecule has 0 fully saturated rings. The lowest BCUT2D eigenvalue weighted by molar-refractivity contribution is -0.113. The summed E-state index contributed by atoms with van der Waals surface area (Å²) in [6.45, 7) is 0. The lowest BCUT2D eigenvalue weighted by Gasteiger charge is -2.09. The first-order valence-electron chi connectivity index (χ1n) is 8.77. The van der Waals surface area contributed by atoms with Crippen LogP contribution in [0.3, 0.4) is 0 Å². The lowest BCUT2D eigenvalue weighted by Crippen LogP contribution is -2.14. The Hall–Kier alpha value is -2.52. The molecule has 0 aromatic heterocycles. The molecule has 0 spiro atoms. The van der Waals surface area contributed by atoms with E-state index in [2.05, 4.69) is 33.2 Å². The summed E-state index contributed by atoms with van der Waals surface area (Å²) < 4.78 is 6.27. The van der Waals surface area contributed by atoms with Crippen LogP contribution in [0, 0.1) is 3.57 Å². The number of hydrogen-bond acceptors (Lipinski definition) is 4. The third-order valence-electron chi connectivity index (χ3n) is 3.92. The van der Waals surface area contributed by atoms with Crippen molar-refractivity contribution < 1.29 is 14.3 Å². The lowest BCUT2D eigenvalue weighted by atomic mass is 10.2. The fraction of sp³-hybridized carbons (Fsp3) is 0.0909. The Morgan fingerprint density at radius 3 is 2.45 bits per heavy atom. The van der Waals surface area contributed by atoms with Crippen molar-refractivity contribution in [3.8, 4) is 5.75 Å². The molecule has 0 aliphatic carbocycles. The molecule has 148 valence electrons. The highest BCUT2D eigenvalue weighted by Crippen LogP contribution is 2.23. The largest absolute Gasteiger partial charge is 0.497 e. The Morgan fingerprint density at radius 2 is 1.69 bits per heavy atom. The van der Waals surface area contributed by atoms with Gasteiger partial charge in [-0.1, -0.05) is 12.1 Å². The number of carbonyl (C=O) groups is 2. The van der Waals surface area contributed by atoms with Crippen LogP contribution < -0.4 is 15.4 Å². The maximum atomic E-state index is 12.4. The third kappa shape index (κ3) is 6.50. The number of halogens is 1. The van der Waals surface area contributed by atoms with Crippen molar-refractivity contribution in [2.24, 2.45) is 0 Å². The summed E-state index contributed by atoms with van der Waals surface area (Å²) >= 11 is 3.63. The van der Waals surface area contributed by atoms with E-state index in [9.17, 15) is 9.59 Å². The van der Waals surface area contributed by atoms with Crippen molar-refractivity contribution in [1.29, 1.82) is 0 Å². The van der Waals surface area contributed by atoms with E-state index in [1.54, 1.807) is 31.4 Å². The fourth-order valence-electron chi connectivity index (χ4n) is 2.51. The maximum Gasteiger partial charge on any atom is 0.255 e. The minimum Gasteiger partial charge on any atom is -0.497 e. The number of ether oxygens (including phenoxy) is 1. The van der Waals surface area contributed by atoms with Crippen molar-refractivity contribution in [3.05, 3.63) is 81.9 Å². The molecule has 5 nitrogen and oxygen atoms in total. The van der Waals surface area contributed by atoms with Crippen LogP contribution in [0.2, 0.25) is 0 Å². The normalized spacial score (nSPS) is 10.3. The van der Waals surface area contributed by atoms with Crippen molar-refractivity contribution in [2.45, 2.75) is 4.90 Å². The summed E-state index contributed by atoms with van der Waals surface area (Å²) in [5, 5.41) is 5.75. The molecule has 0 unspecified atom stereocenters. The zero-order valence-corrected chi connectivity index (χ0v) is 18.6. The molecule has 0 heterocycles. The van der Waals surface area contributed by atoms with E-state index in [1.807, 2.05) is 48.5 Å². The summed E-state index contributed by atoms with van der Waals surface area (Å²) in [6.07, 6.45) is 0. The monoisotopic (exact) mass is 518 g/mol. The molecule has 2 N–H and O–H groups in total. The van der Waals surface area contributed by atoms with Gasteiger partial charge in [0.15, 0.2) is 0 Å². The molecule has 0 aliphatic rings. The van der Waals surface area contributed by atoms with E-state index in [4.69, 9.17) is 4.74 Å². The van der Waals surface area contributed by atoms with E-state index in [0.29, 0.717) is 17.0 Å². The Balaban J connectivity index is 1.56. The van der Waals surface area contributed by atoms with Gasteiger partial charge in [0.05, 0.1) is 12.9 Å². The van der Waals surface area contributed by atoms with Gasteiger partial charge in [0.1, 0.15) is 5.75 Å². The molecule has 0 bridgehead atoms. The van der Waals surface area contributed by atoms with Crippen LogP contribution in [0.15, 0.2) is 77.7 Å². The highest BCUT2D eigenvalue weighted by Gasteiger charge is 2.09. The van der Waals surface area contributed by atoms with E-state index in [0.717, 1.165) is 14.2 Å². The zero-order chi connectivity index (χ0) is 20.6. The van der Waals surface area contributed by atoms with Crippen LogP contribution >= 0.6 is 34.4 Å². The highest BCUT2D eigenvalue weighted by molar-refractivity contribution is 14.1. The van der Waals surface area contributed by atoms with Gasteiger partial charge in [0.25, 0.3) is 5.91 Å². The summed E-state index contributed by atoms with van der Waals surface area (Å²) in [5.41, 5.74) is 1.95. The number of hydrogen-bond donors (Lipinski definition) is 2. The van der Waals surface area contributed by atoms with Crippen molar-refractivity contribution in [1.82, 2.24) is 0 Å². The Morgan fingerprint density at radius 1 is 0.931 bits per heavy atom. The van der Waals surface area contributed by atoms with Gasteiger partial charge in [0, 0.05) is 25.4 Å². The van der Waals surface area contributed by atoms with Crippen LogP contribution in [0.5, 0.6) is 5.75 Å².